The Bertz CT molecular complexity index is 237. The minimum Gasteiger partial charge on any atom is -0.314 e. The van der Waals surface area contributed by atoms with Crippen LogP contribution in [-0.4, -0.2) is 16.8 Å². The maximum Gasteiger partial charge on any atom is 0.0663 e. The number of rotatable bonds is 3. The Morgan fingerprint density at radius 2 is 2.33 bits per heavy atom. The lowest BCUT2D eigenvalue weighted by Gasteiger charge is -2.03. The van der Waals surface area contributed by atoms with E-state index in [-0.39, 0.29) is 12.4 Å². The Morgan fingerprint density at radius 1 is 1.67 bits per heavy atom. The number of hydrogen-bond acceptors (Lipinski definition) is 2. The second-order valence-corrected chi connectivity index (χ2v) is 3.14. The third-order valence-electron chi connectivity index (χ3n) is 1.54. The fourth-order valence-corrected chi connectivity index (χ4v) is 1.44. The highest BCUT2D eigenvalue weighted by atomic mass is 79.9. The number of nitrogens with one attached hydrogen (secondary N) is 1. The van der Waals surface area contributed by atoms with E-state index < -0.39 is 0 Å². The maximum atomic E-state index is 4.18. The minimum atomic E-state index is 0. The minimum absolute atomic E-state index is 0. The monoisotopic (exact) mass is 253 g/mol. The number of aryl methyl sites for hydroxylation is 1. The van der Waals surface area contributed by atoms with Crippen molar-refractivity contribution in [1.29, 1.82) is 0 Å². The normalized spacial score (nSPS) is 9.58. The highest BCUT2D eigenvalue weighted by Crippen LogP contribution is 2.15. The zero-order valence-corrected chi connectivity index (χ0v) is 9.57. The highest BCUT2D eigenvalue weighted by molar-refractivity contribution is 9.10. The largest absolute Gasteiger partial charge is 0.314 e. The summed E-state index contributed by atoms with van der Waals surface area (Å²) in [4.78, 5) is 0. The second-order valence-electron chi connectivity index (χ2n) is 2.29. The summed E-state index contributed by atoms with van der Waals surface area (Å²) in [6.07, 6.45) is 1.83. The molecule has 1 heterocycles. The predicted molar refractivity (Wildman–Crippen MR) is 55.6 cm³/mol. The average Bonchev–Trinajstić information content (AvgIpc) is 2.34. The lowest BCUT2D eigenvalue weighted by Crippen LogP contribution is -2.11. The van der Waals surface area contributed by atoms with Crippen molar-refractivity contribution < 1.29 is 0 Å². The molecule has 0 saturated carbocycles. The molecule has 0 atom stereocenters. The van der Waals surface area contributed by atoms with Gasteiger partial charge in [0.25, 0.3) is 0 Å². The molecule has 70 valence electrons. The van der Waals surface area contributed by atoms with E-state index in [2.05, 4.69) is 33.3 Å². The lowest BCUT2D eigenvalue weighted by atomic mass is 10.4. The number of hydrogen-bond donors (Lipinski definition) is 1. The van der Waals surface area contributed by atoms with E-state index in [1.165, 1.54) is 5.69 Å². The van der Waals surface area contributed by atoms with Crippen molar-refractivity contribution in [3.8, 4) is 0 Å². The molecule has 12 heavy (non-hydrogen) atoms. The summed E-state index contributed by atoms with van der Waals surface area (Å²) in [6, 6.07) is 0. The van der Waals surface area contributed by atoms with Crippen LogP contribution in [0, 0.1) is 0 Å². The van der Waals surface area contributed by atoms with Gasteiger partial charge in [0.2, 0.25) is 0 Å². The quantitative estimate of drug-likeness (QED) is 0.891. The first-order valence-electron chi connectivity index (χ1n) is 3.64. The third kappa shape index (κ3) is 2.47. The lowest BCUT2D eigenvalue weighted by molar-refractivity contribution is 0.602. The van der Waals surface area contributed by atoms with E-state index in [9.17, 15) is 0 Å². The zero-order valence-electron chi connectivity index (χ0n) is 7.17. The summed E-state index contributed by atoms with van der Waals surface area (Å²) in [6.45, 7) is 3.86. The Balaban J connectivity index is 0.00000121. The molecule has 5 heteroatoms. The molecule has 0 fully saturated rings. The molecule has 0 aliphatic heterocycles. The van der Waals surface area contributed by atoms with Crippen molar-refractivity contribution in [3.63, 3.8) is 0 Å². The zero-order chi connectivity index (χ0) is 8.27. The number of nitrogens with zero attached hydrogens (tertiary/aromatic N) is 2. The van der Waals surface area contributed by atoms with E-state index in [1.54, 1.807) is 0 Å². The van der Waals surface area contributed by atoms with Crippen molar-refractivity contribution >= 4 is 28.3 Å². The molecule has 0 bridgehead atoms. The summed E-state index contributed by atoms with van der Waals surface area (Å²) in [5.41, 5.74) is 1.20. The number of aromatic nitrogens is 2. The molecule has 0 radical (unpaired) electrons. The summed E-state index contributed by atoms with van der Waals surface area (Å²) in [5, 5.41) is 7.28. The Hall–Kier alpha value is -0.0600. The van der Waals surface area contributed by atoms with Crippen LogP contribution in [0.2, 0.25) is 0 Å². The maximum absolute atomic E-state index is 4.18. The van der Waals surface area contributed by atoms with E-state index in [0.29, 0.717) is 0 Å². The van der Waals surface area contributed by atoms with Crippen molar-refractivity contribution in [2.75, 3.05) is 7.05 Å². The van der Waals surface area contributed by atoms with Gasteiger partial charge in [0.15, 0.2) is 0 Å². The standard InChI is InChI=1S/C7H12BrN3.ClH/c1-3-11-7(5-9-2)6(8)4-10-11;/h4,9H,3,5H2,1-2H3;1H. The van der Waals surface area contributed by atoms with Crippen LogP contribution in [0.25, 0.3) is 0 Å². The molecule has 1 rings (SSSR count). The molecule has 3 nitrogen and oxygen atoms in total. The smallest absolute Gasteiger partial charge is 0.0663 e. The fourth-order valence-electron chi connectivity index (χ4n) is 1.00. The average molecular weight is 255 g/mol. The molecular formula is C7H13BrClN3. The molecule has 0 amide bonds. The van der Waals surface area contributed by atoms with Crippen LogP contribution in [-0.2, 0) is 13.1 Å². The van der Waals surface area contributed by atoms with Gasteiger partial charge in [0.05, 0.1) is 16.4 Å². The molecule has 0 spiro atoms. The highest BCUT2D eigenvalue weighted by Gasteiger charge is 2.04. The first kappa shape index (κ1) is 11.9. The van der Waals surface area contributed by atoms with Gasteiger partial charge in [-0.2, -0.15) is 5.10 Å². The molecule has 1 aromatic heterocycles. The van der Waals surface area contributed by atoms with Gasteiger partial charge < -0.3 is 5.32 Å². The Morgan fingerprint density at radius 3 is 2.83 bits per heavy atom. The molecule has 1 N–H and O–H groups in total. The van der Waals surface area contributed by atoms with Crippen LogP contribution >= 0.6 is 28.3 Å². The molecule has 0 unspecified atom stereocenters. The Labute approximate surface area is 87.1 Å². The van der Waals surface area contributed by atoms with Gasteiger partial charge in [-0.15, -0.1) is 12.4 Å². The molecule has 1 aromatic rings. The van der Waals surface area contributed by atoms with Gasteiger partial charge in [0.1, 0.15) is 0 Å². The van der Waals surface area contributed by atoms with Crippen LogP contribution in [0.4, 0.5) is 0 Å². The topological polar surface area (TPSA) is 29.9 Å². The predicted octanol–water partition coefficient (Wildman–Crippen LogP) is 1.81. The summed E-state index contributed by atoms with van der Waals surface area (Å²) in [7, 11) is 1.93. The van der Waals surface area contributed by atoms with E-state index in [1.807, 2.05) is 17.9 Å². The van der Waals surface area contributed by atoms with Crippen LogP contribution in [0.15, 0.2) is 10.7 Å². The first-order valence-corrected chi connectivity index (χ1v) is 4.43. The third-order valence-corrected chi connectivity index (χ3v) is 2.20. The SMILES string of the molecule is CCn1ncc(Br)c1CNC.Cl. The van der Waals surface area contributed by atoms with Crippen LogP contribution < -0.4 is 5.32 Å². The van der Waals surface area contributed by atoms with Crippen molar-refractivity contribution in [2.24, 2.45) is 0 Å². The first-order chi connectivity index (χ1) is 5.29. The second kappa shape index (κ2) is 5.56. The van der Waals surface area contributed by atoms with Crippen molar-refractivity contribution in [3.05, 3.63) is 16.4 Å². The molecule has 0 saturated heterocycles. The summed E-state index contributed by atoms with van der Waals surface area (Å²) < 4.78 is 3.05. The molecule has 0 aromatic carbocycles. The molecule has 0 aliphatic carbocycles. The van der Waals surface area contributed by atoms with Crippen molar-refractivity contribution in [1.82, 2.24) is 15.1 Å². The van der Waals surface area contributed by atoms with E-state index >= 15 is 0 Å². The Kier molecular flexibility index (Phi) is 5.53. The van der Waals surface area contributed by atoms with Gasteiger partial charge in [-0.25, -0.2) is 0 Å². The molecule has 0 aliphatic rings. The van der Waals surface area contributed by atoms with Gasteiger partial charge in [-0.1, -0.05) is 0 Å². The summed E-state index contributed by atoms with van der Waals surface area (Å²) in [5.74, 6) is 0. The van der Waals surface area contributed by atoms with Crippen LogP contribution in [0.3, 0.4) is 0 Å². The van der Waals surface area contributed by atoms with Gasteiger partial charge in [-0.3, -0.25) is 4.68 Å². The van der Waals surface area contributed by atoms with E-state index in [4.69, 9.17) is 0 Å². The van der Waals surface area contributed by atoms with Gasteiger partial charge in [0, 0.05) is 13.1 Å². The van der Waals surface area contributed by atoms with E-state index in [0.717, 1.165) is 17.6 Å². The van der Waals surface area contributed by atoms with Gasteiger partial charge >= 0.3 is 0 Å². The number of halogens is 2. The summed E-state index contributed by atoms with van der Waals surface area (Å²) >= 11 is 3.44. The molecular weight excluding hydrogens is 241 g/mol. The van der Waals surface area contributed by atoms with Crippen LogP contribution in [0.5, 0.6) is 0 Å². The van der Waals surface area contributed by atoms with Gasteiger partial charge in [-0.05, 0) is 29.9 Å². The van der Waals surface area contributed by atoms with Crippen LogP contribution in [0.1, 0.15) is 12.6 Å². The fraction of sp³-hybridized carbons (Fsp3) is 0.571. The van der Waals surface area contributed by atoms with Crippen molar-refractivity contribution in [2.45, 2.75) is 20.0 Å².